The Hall–Kier alpha value is -0.910. The third-order valence-electron chi connectivity index (χ3n) is 2.19. The number of rotatable bonds is 4. The van der Waals surface area contributed by atoms with Crippen LogP contribution in [0.5, 0.6) is 0 Å². The van der Waals surface area contributed by atoms with Gasteiger partial charge in [-0.05, 0) is 24.6 Å². The number of hydrogen-bond acceptors (Lipinski definition) is 2. The molecular formula is C11H14BrF3N2. The Morgan fingerprint density at radius 1 is 1.35 bits per heavy atom. The highest BCUT2D eigenvalue weighted by Gasteiger charge is 2.31. The molecule has 0 fully saturated rings. The summed E-state index contributed by atoms with van der Waals surface area (Å²) < 4.78 is 38.1. The molecule has 0 aliphatic heterocycles. The van der Waals surface area contributed by atoms with Crippen molar-refractivity contribution in [2.75, 3.05) is 23.7 Å². The van der Waals surface area contributed by atoms with Gasteiger partial charge in [0.15, 0.2) is 0 Å². The van der Waals surface area contributed by atoms with Crippen LogP contribution in [0.15, 0.2) is 22.7 Å². The monoisotopic (exact) mass is 310 g/mol. The molecule has 0 aliphatic rings. The van der Waals surface area contributed by atoms with E-state index < -0.39 is 12.7 Å². The second-order valence-corrected chi connectivity index (χ2v) is 4.66. The molecule has 6 heteroatoms. The molecule has 0 bridgehead atoms. The van der Waals surface area contributed by atoms with Crippen molar-refractivity contribution in [3.8, 4) is 0 Å². The molecule has 1 aromatic carbocycles. The third-order valence-corrected chi connectivity index (χ3v) is 2.69. The number of alkyl halides is 3. The van der Waals surface area contributed by atoms with Crippen molar-refractivity contribution in [1.82, 2.24) is 0 Å². The average molecular weight is 311 g/mol. The topological polar surface area (TPSA) is 29.3 Å². The molecule has 2 N–H and O–H groups in total. The second-order valence-electron chi connectivity index (χ2n) is 3.74. The van der Waals surface area contributed by atoms with Gasteiger partial charge in [0.25, 0.3) is 0 Å². The lowest BCUT2D eigenvalue weighted by atomic mass is 10.2. The summed E-state index contributed by atoms with van der Waals surface area (Å²) in [6.07, 6.45) is -3.60. The highest BCUT2D eigenvalue weighted by molar-refractivity contribution is 9.10. The smallest absolute Gasteiger partial charge is 0.397 e. The van der Waals surface area contributed by atoms with Crippen molar-refractivity contribution in [3.63, 3.8) is 0 Å². The lowest BCUT2D eigenvalue weighted by Gasteiger charge is -2.26. The highest BCUT2D eigenvalue weighted by atomic mass is 79.9. The Morgan fingerprint density at radius 2 is 2.00 bits per heavy atom. The summed E-state index contributed by atoms with van der Waals surface area (Å²) in [7, 11) is 0. The largest absolute Gasteiger partial charge is 0.405 e. The van der Waals surface area contributed by atoms with Crippen molar-refractivity contribution < 1.29 is 13.2 Å². The quantitative estimate of drug-likeness (QED) is 0.857. The third kappa shape index (κ3) is 4.46. The van der Waals surface area contributed by atoms with E-state index >= 15 is 0 Å². The summed E-state index contributed by atoms with van der Waals surface area (Å²) >= 11 is 3.23. The standard InChI is InChI=1S/C11H14BrF3N2/c1-2-5-17(7-11(13,14)15)10-4-3-8(12)6-9(10)16/h3-4,6H,2,5,7,16H2,1H3. The molecule has 0 saturated carbocycles. The van der Waals surface area contributed by atoms with E-state index in [4.69, 9.17) is 5.73 Å². The highest BCUT2D eigenvalue weighted by Crippen LogP contribution is 2.29. The Morgan fingerprint density at radius 3 is 2.47 bits per heavy atom. The van der Waals surface area contributed by atoms with E-state index in [0.717, 1.165) is 4.47 Å². The normalized spacial score (nSPS) is 11.6. The molecule has 0 saturated heterocycles. The van der Waals surface area contributed by atoms with Gasteiger partial charge in [-0.1, -0.05) is 22.9 Å². The fraction of sp³-hybridized carbons (Fsp3) is 0.455. The van der Waals surface area contributed by atoms with E-state index in [1.54, 1.807) is 18.2 Å². The van der Waals surface area contributed by atoms with Gasteiger partial charge in [0.05, 0.1) is 11.4 Å². The summed E-state index contributed by atoms with van der Waals surface area (Å²) in [4.78, 5) is 1.25. The predicted octanol–water partition coefficient (Wildman–Crippen LogP) is 3.81. The van der Waals surface area contributed by atoms with E-state index in [1.165, 1.54) is 4.90 Å². The van der Waals surface area contributed by atoms with Crippen LogP contribution in [0.1, 0.15) is 13.3 Å². The maximum Gasteiger partial charge on any atom is 0.405 e. The first-order valence-electron chi connectivity index (χ1n) is 5.20. The van der Waals surface area contributed by atoms with Crippen molar-refractivity contribution in [2.45, 2.75) is 19.5 Å². The minimum atomic E-state index is -4.23. The molecule has 0 aromatic heterocycles. The van der Waals surface area contributed by atoms with Gasteiger partial charge in [-0.2, -0.15) is 13.2 Å². The molecular weight excluding hydrogens is 297 g/mol. The van der Waals surface area contributed by atoms with Gasteiger partial charge in [-0.25, -0.2) is 0 Å². The van der Waals surface area contributed by atoms with Crippen LogP contribution in [0.2, 0.25) is 0 Å². The summed E-state index contributed by atoms with van der Waals surface area (Å²) in [5, 5.41) is 0. The van der Waals surface area contributed by atoms with E-state index in [0.29, 0.717) is 24.3 Å². The van der Waals surface area contributed by atoms with E-state index in [2.05, 4.69) is 15.9 Å². The maximum absolute atomic E-state index is 12.4. The zero-order chi connectivity index (χ0) is 13.1. The number of anilines is 2. The molecule has 0 atom stereocenters. The van der Waals surface area contributed by atoms with Gasteiger partial charge in [0.1, 0.15) is 6.54 Å². The number of nitrogens with two attached hydrogens (primary N) is 1. The zero-order valence-corrected chi connectivity index (χ0v) is 11.0. The first-order valence-corrected chi connectivity index (χ1v) is 5.99. The molecule has 0 unspecified atom stereocenters. The van der Waals surface area contributed by atoms with Crippen LogP contribution in [0.3, 0.4) is 0 Å². The van der Waals surface area contributed by atoms with Gasteiger partial charge in [0.2, 0.25) is 0 Å². The number of benzene rings is 1. The first kappa shape index (κ1) is 14.2. The van der Waals surface area contributed by atoms with Crippen LogP contribution >= 0.6 is 15.9 Å². The molecule has 96 valence electrons. The number of hydrogen-bond donors (Lipinski definition) is 1. The number of nitrogens with zero attached hydrogens (tertiary/aromatic N) is 1. The van der Waals surface area contributed by atoms with Crippen LogP contribution in [0.25, 0.3) is 0 Å². The molecule has 0 aliphatic carbocycles. The molecule has 17 heavy (non-hydrogen) atoms. The molecule has 2 nitrogen and oxygen atoms in total. The molecule has 0 radical (unpaired) electrons. The SMILES string of the molecule is CCCN(CC(F)(F)F)c1ccc(Br)cc1N. The van der Waals surface area contributed by atoms with Gasteiger partial charge in [0, 0.05) is 11.0 Å². The van der Waals surface area contributed by atoms with Crippen molar-refractivity contribution in [3.05, 3.63) is 22.7 Å². The van der Waals surface area contributed by atoms with E-state index in [9.17, 15) is 13.2 Å². The van der Waals surface area contributed by atoms with E-state index in [1.807, 2.05) is 6.92 Å². The Kier molecular flexibility index (Phi) is 4.68. The van der Waals surface area contributed by atoms with Crippen LogP contribution in [-0.4, -0.2) is 19.3 Å². The van der Waals surface area contributed by atoms with Gasteiger partial charge in [-0.3, -0.25) is 0 Å². The van der Waals surface area contributed by atoms with E-state index in [-0.39, 0.29) is 0 Å². The first-order chi connectivity index (χ1) is 7.83. The lowest BCUT2D eigenvalue weighted by Crippen LogP contribution is -2.35. The fourth-order valence-electron chi connectivity index (χ4n) is 1.58. The lowest BCUT2D eigenvalue weighted by molar-refractivity contribution is -0.119. The Bertz CT molecular complexity index is 379. The minimum Gasteiger partial charge on any atom is -0.397 e. The van der Waals surface area contributed by atoms with Crippen molar-refractivity contribution in [2.24, 2.45) is 0 Å². The Balaban J connectivity index is 2.97. The summed E-state index contributed by atoms with van der Waals surface area (Å²) in [6.45, 7) is 1.18. The molecule has 1 aromatic rings. The molecule has 1 rings (SSSR count). The van der Waals surface area contributed by atoms with Crippen molar-refractivity contribution in [1.29, 1.82) is 0 Å². The van der Waals surface area contributed by atoms with Crippen LogP contribution in [0, 0.1) is 0 Å². The molecule has 0 spiro atoms. The van der Waals surface area contributed by atoms with Crippen molar-refractivity contribution >= 4 is 27.3 Å². The summed E-state index contributed by atoms with van der Waals surface area (Å²) in [5.74, 6) is 0. The summed E-state index contributed by atoms with van der Waals surface area (Å²) in [5.41, 5.74) is 6.50. The molecule has 0 heterocycles. The predicted molar refractivity (Wildman–Crippen MR) is 67.1 cm³/mol. The van der Waals surface area contributed by atoms with Gasteiger partial charge in [-0.15, -0.1) is 0 Å². The average Bonchev–Trinajstić information content (AvgIpc) is 2.14. The Labute approximate surface area is 107 Å². The maximum atomic E-state index is 12.4. The van der Waals surface area contributed by atoms with Crippen LogP contribution in [0.4, 0.5) is 24.5 Å². The minimum absolute atomic E-state index is 0.325. The van der Waals surface area contributed by atoms with Crippen LogP contribution in [-0.2, 0) is 0 Å². The number of nitrogen functional groups attached to an aromatic ring is 1. The zero-order valence-electron chi connectivity index (χ0n) is 9.39. The molecule has 0 amide bonds. The van der Waals surface area contributed by atoms with Crippen LogP contribution < -0.4 is 10.6 Å². The fourth-order valence-corrected chi connectivity index (χ4v) is 1.96. The van der Waals surface area contributed by atoms with Gasteiger partial charge < -0.3 is 10.6 Å². The number of halogens is 4. The summed E-state index contributed by atoms with van der Waals surface area (Å²) in [6, 6.07) is 4.89. The van der Waals surface area contributed by atoms with Gasteiger partial charge >= 0.3 is 6.18 Å². The second kappa shape index (κ2) is 5.62.